The van der Waals surface area contributed by atoms with Crippen molar-refractivity contribution in [2.75, 3.05) is 0 Å². The van der Waals surface area contributed by atoms with Crippen molar-refractivity contribution in [3.8, 4) is 11.5 Å². The van der Waals surface area contributed by atoms with E-state index >= 15 is 0 Å². The molecule has 0 heterocycles. The minimum atomic E-state index is -5.10. The maximum atomic E-state index is 13.0. The van der Waals surface area contributed by atoms with Crippen LogP contribution in [0.3, 0.4) is 0 Å². The Labute approximate surface area is 186 Å². The zero-order valence-corrected chi connectivity index (χ0v) is 18.1. The highest BCUT2D eigenvalue weighted by Crippen LogP contribution is 2.52. The molecule has 0 saturated carbocycles. The second kappa shape index (κ2) is 7.87. The molecule has 5 nitrogen and oxygen atoms in total. The van der Waals surface area contributed by atoms with Gasteiger partial charge >= 0.3 is 0 Å². The molecule has 0 aliphatic rings. The fourth-order valence-corrected chi connectivity index (χ4v) is 5.88. The Kier molecular flexibility index (Phi) is 5.98. The third-order valence-electron chi connectivity index (χ3n) is 4.37. The van der Waals surface area contributed by atoms with Gasteiger partial charge in [0.25, 0.3) is 10.1 Å². The van der Waals surface area contributed by atoms with Crippen LogP contribution in [0.2, 0.25) is 20.1 Å². The SMILES string of the molecule is O=S(=O)(O)C(c1ccc(O)cc1)(c1cc(Cl)cc(O)c1Cl)c1c(Cl)cccc1Cl. The number of phenolic OH excluding ortho intramolecular Hbond substituents is 2. The summed E-state index contributed by atoms with van der Waals surface area (Å²) in [5, 5.41) is 19.3. The Morgan fingerprint density at radius 3 is 1.90 bits per heavy atom. The highest BCUT2D eigenvalue weighted by molar-refractivity contribution is 7.87. The topological polar surface area (TPSA) is 94.8 Å². The number of rotatable bonds is 4. The molecule has 0 fully saturated rings. The summed E-state index contributed by atoms with van der Waals surface area (Å²) in [5.74, 6) is -0.660. The Balaban J connectivity index is 2.65. The van der Waals surface area contributed by atoms with Crippen LogP contribution in [-0.2, 0) is 14.9 Å². The molecule has 3 N–H and O–H groups in total. The molecule has 10 heteroatoms. The first-order chi connectivity index (χ1) is 13.5. The summed E-state index contributed by atoms with van der Waals surface area (Å²) in [6.45, 7) is 0. The number of hydrogen-bond acceptors (Lipinski definition) is 4. The first kappa shape index (κ1) is 22.0. The fourth-order valence-electron chi connectivity index (χ4n) is 3.21. The van der Waals surface area contributed by atoms with Gasteiger partial charge in [0.15, 0.2) is 4.75 Å². The van der Waals surface area contributed by atoms with Gasteiger partial charge in [-0.05, 0) is 35.9 Å². The molecule has 0 aliphatic heterocycles. The maximum Gasteiger partial charge on any atom is 0.283 e. The zero-order chi connectivity index (χ0) is 21.6. The summed E-state index contributed by atoms with van der Waals surface area (Å²) >= 11 is 25.0. The summed E-state index contributed by atoms with van der Waals surface area (Å²) < 4.78 is 34.1. The molecule has 0 saturated heterocycles. The molecule has 3 aromatic carbocycles. The smallest absolute Gasteiger partial charge is 0.283 e. The van der Waals surface area contributed by atoms with Crippen molar-refractivity contribution in [2.45, 2.75) is 4.75 Å². The summed E-state index contributed by atoms with van der Waals surface area (Å²) in [4.78, 5) is 0. The van der Waals surface area contributed by atoms with Crippen LogP contribution in [0.1, 0.15) is 16.7 Å². The molecule has 152 valence electrons. The van der Waals surface area contributed by atoms with E-state index in [9.17, 15) is 23.2 Å². The number of aromatic hydroxyl groups is 2. The first-order valence-corrected chi connectivity index (χ1v) is 10.8. The largest absolute Gasteiger partial charge is 0.508 e. The molecule has 0 radical (unpaired) electrons. The van der Waals surface area contributed by atoms with E-state index in [1.54, 1.807) is 0 Å². The van der Waals surface area contributed by atoms with Crippen LogP contribution < -0.4 is 0 Å². The van der Waals surface area contributed by atoms with Crippen LogP contribution in [-0.4, -0.2) is 23.2 Å². The lowest BCUT2D eigenvalue weighted by atomic mass is 9.83. The highest BCUT2D eigenvalue weighted by Gasteiger charge is 2.52. The number of phenols is 2. The summed E-state index contributed by atoms with van der Waals surface area (Å²) in [5.41, 5.74) is -0.510. The van der Waals surface area contributed by atoms with Gasteiger partial charge in [-0.1, -0.05) is 64.6 Å². The summed E-state index contributed by atoms with van der Waals surface area (Å²) in [7, 11) is -5.10. The van der Waals surface area contributed by atoms with Crippen molar-refractivity contribution in [2.24, 2.45) is 0 Å². The quantitative estimate of drug-likeness (QED) is 0.311. The van der Waals surface area contributed by atoms with Crippen molar-refractivity contribution in [1.82, 2.24) is 0 Å². The van der Waals surface area contributed by atoms with Gasteiger partial charge in [0.2, 0.25) is 0 Å². The van der Waals surface area contributed by atoms with E-state index in [0.29, 0.717) is 0 Å². The second-order valence-electron chi connectivity index (χ2n) is 6.09. The van der Waals surface area contributed by atoms with E-state index in [0.717, 1.165) is 6.07 Å². The summed E-state index contributed by atoms with van der Waals surface area (Å²) in [6.07, 6.45) is 0. The van der Waals surface area contributed by atoms with E-state index in [1.807, 2.05) is 0 Å². The van der Waals surface area contributed by atoms with Gasteiger partial charge in [-0.15, -0.1) is 0 Å². The zero-order valence-electron chi connectivity index (χ0n) is 14.3. The van der Waals surface area contributed by atoms with E-state index in [4.69, 9.17) is 46.4 Å². The molecule has 0 aliphatic carbocycles. The van der Waals surface area contributed by atoms with Gasteiger partial charge < -0.3 is 10.2 Å². The van der Waals surface area contributed by atoms with Crippen molar-refractivity contribution in [1.29, 1.82) is 0 Å². The Bertz CT molecular complexity index is 1180. The highest BCUT2D eigenvalue weighted by atomic mass is 35.5. The number of hydrogen-bond donors (Lipinski definition) is 3. The van der Waals surface area contributed by atoms with Crippen molar-refractivity contribution >= 4 is 56.5 Å². The molecule has 0 spiro atoms. The molecule has 1 atom stereocenters. The number of halogens is 4. The standard InChI is InChI=1S/C19H12Cl4O5S/c20-11-8-13(18(23)16(25)9-11)19(29(26,27)28,10-4-6-12(24)7-5-10)17-14(21)2-1-3-15(17)22/h1-9,24-25H,(H,26,27,28). The molecule has 3 aromatic rings. The molecular weight excluding hydrogens is 482 g/mol. The molecular formula is C19H12Cl4O5S. The van der Waals surface area contributed by atoms with E-state index in [1.165, 1.54) is 48.5 Å². The third-order valence-corrected chi connectivity index (χ3v) is 7.05. The van der Waals surface area contributed by atoms with Crippen molar-refractivity contribution < 1.29 is 23.2 Å². The van der Waals surface area contributed by atoms with Gasteiger partial charge in [-0.2, -0.15) is 8.42 Å². The monoisotopic (exact) mass is 492 g/mol. The first-order valence-electron chi connectivity index (χ1n) is 7.89. The normalized spacial score (nSPS) is 13.8. The minimum Gasteiger partial charge on any atom is -0.508 e. The maximum absolute atomic E-state index is 13.0. The van der Waals surface area contributed by atoms with E-state index in [2.05, 4.69) is 0 Å². The fraction of sp³-hybridized carbons (Fsp3) is 0.0526. The van der Waals surface area contributed by atoms with Crippen molar-refractivity contribution in [3.63, 3.8) is 0 Å². The lowest BCUT2D eigenvalue weighted by molar-refractivity contribution is 0.455. The molecule has 3 rings (SSSR count). The molecule has 0 aromatic heterocycles. The Hall–Kier alpha value is -1.67. The lowest BCUT2D eigenvalue weighted by Gasteiger charge is -2.34. The lowest BCUT2D eigenvalue weighted by Crippen LogP contribution is -2.39. The predicted octanol–water partition coefficient (Wildman–Crippen LogP) is 5.89. The van der Waals surface area contributed by atoms with Crippen LogP contribution in [0.5, 0.6) is 11.5 Å². The van der Waals surface area contributed by atoms with Gasteiger partial charge in [0.1, 0.15) is 11.5 Å². The number of benzene rings is 3. The average Bonchev–Trinajstić information content (AvgIpc) is 2.61. The van der Waals surface area contributed by atoms with Gasteiger partial charge in [-0.3, -0.25) is 4.55 Å². The van der Waals surface area contributed by atoms with E-state index < -0.39 is 20.6 Å². The van der Waals surface area contributed by atoms with Crippen LogP contribution in [0.25, 0.3) is 0 Å². The molecule has 29 heavy (non-hydrogen) atoms. The van der Waals surface area contributed by atoms with Crippen LogP contribution in [0.15, 0.2) is 54.6 Å². The van der Waals surface area contributed by atoms with Crippen LogP contribution in [0.4, 0.5) is 0 Å². The van der Waals surface area contributed by atoms with Gasteiger partial charge in [0.05, 0.1) is 5.02 Å². The van der Waals surface area contributed by atoms with Crippen LogP contribution >= 0.6 is 46.4 Å². The van der Waals surface area contributed by atoms with Crippen molar-refractivity contribution in [3.05, 3.63) is 91.4 Å². The van der Waals surface area contributed by atoms with E-state index in [-0.39, 0.29) is 42.5 Å². The van der Waals surface area contributed by atoms with Gasteiger partial charge in [0, 0.05) is 32.3 Å². The third kappa shape index (κ3) is 3.65. The molecule has 1 unspecified atom stereocenters. The Morgan fingerprint density at radius 1 is 0.828 bits per heavy atom. The van der Waals surface area contributed by atoms with Gasteiger partial charge in [-0.25, -0.2) is 0 Å². The second-order valence-corrected chi connectivity index (χ2v) is 9.28. The predicted molar refractivity (Wildman–Crippen MR) is 114 cm³/mol. The molecule has 0 bridgehead atoms. The summed E-state index contributed by atoms with van der Waals surface area (Å²) in [6, 6.07) is 11.5. The Morgan fingerprint density at radius 2 is 1.38 bits per heavy atom. The van der Waals surface area contributed by atoms with Crippen LogP contribution in [0, 0.1) is 0 Å². The minimum absolute atomic E-state index is 0.0446. The average molecular weight is 494 g/mol. The molecule has 0 amide bonds.